The van der Waals surface area contributed by atoms with Gasteiger partial charge in [-0.2, -0.15) is 0 Å². The number of halogens is 1. The van der Waals surface area contributed by atoms with Gasteiger partial charge in [0.15, 0.2) is 0 Å². The van der Waals surface area contributed by atoms with E-state index in [2.05, 4.69) is 52.0 Å². The SMILES string of the molecule is COc1ccc(OCC#CCN2CCN(c3ccccc3)CC2)cc1.Cl. The molecule has 0 bridgehead atoms. The van der Waals surface area contributed by atoms with E-state index >= 15 is 0 Å². The average Bonchev–Trinajstić information content (AvgIpc) is 2.69. The van der Waals surface area contributed by atoms with Gasteiger partial charge in [0.1, 0.15) is 18.1 Å². The van der Waals surface area contributed by atoms with Crippen LogP contribution in [0.4, 0.5) is 5.69 Å². The van der Waals surface area contributed by atoms with E-state index < -0.39 is 0 Å². The van der Waals surface area contributed by atoms with Gasteiger partial charge < -0.3 is 14.4 Å². The maximum absolute atomic E-state index is 5.61. The van der Waals surface area contributed by atoms with Gasteiger partial charge in [0.05, 0.1) is 13.7 Å². The van der Waals surface area contributed by atoms with E-state index in [4.69, 9.17) is 9.47 Å². The smallest absolute Gasteiger partial charge is 0.149 e. The number of piperazine rings is 1. The van der Waals surface area contributed by atoms with Gasteiger partial charge in [-0.1, -0.05) is 30.0 Å². The van der Waals surface area contributed by atoms with Gasteiger partial charge >= 0.3 is 0 Å². The molecule has 0 atom stereocenters. The van der Waals surface area contributed by atoms with Crippen molar-refractivity contribution in [2.45, 2.75) is 0 Å². The van der Waals surface area contributed by atoms with Crippen LogP contribution in [0.1, 0.15) is 0 Å². The lowest BCUT2D eigenvalue weighted by molar-refractivity contribution is 0.287. The van der Waals surface area contributed by atoms with Gasteiger partial charge in [0.2, 0.25) is 0 Å². The van der Waals surface area contributed by atoms with Crippen molar-refractivity contribution in [1.82, 2.24) is 4.90 Å². The summed E-state index contributed by atoms with van der Waals surface area (Å²) >= 11 is 0. The Morgan fingerprint density at radius 1 is 0.846 bits per heavy atom. The van der Waals surface area contributed by atoms with Crippen molar-refractivity contribution in [3.05, 3.63) is 54.6 Å². The zero-order chi connectivity index (χ0) is 17.3. The molecule has 1 heterocycles. The second-order valence-electron chi connectivity index (χ2n) is 5.92. The Labute approximate surface area is 162 Å². The summed E-state index contributed by atoms with van der Waals surface area (Å²) in [7, 11) is 1.65. The predicted molar refractivity (Wildman–Crippen MR) is 109 cm³/mol. The third kappa shape index (κ3) is 5.87. The molecule has 2 aromatic carbocycles. The van der Waals surface area contributed by atoms with Crippen LogP contribution in [-0.2, 0) is 0 Å². The fourth-order valence-electron chi connectivity index (χ4n) is 2.81. The molecule has 5 heteroatoms. The van der Waals surface area contributed by atoms with E-state index in [-0.39, 0.29) is 12.4 Å². The first kappa shape index (κ1) is 20.0. The lowest BCUT2D eigenvalue weighted by Gasteiger charge is -2.35. The van der Waals surface area contributed by atoms with E-state index in [0.29, 0.717) is 6.61 Å². The standard InChI is InChI=1S/C21H24N2O2.ClH/c1-24-20-9-11-21(12-10-20)25-18-6-5-13-22-14-16-23(17-15-22)19-7-3-2-4-8-19;/h2-4,7-12H,13-18H2,1H3;1H. The Balaban J connectivity index is 0.00000243. The lowest BCUT2D eigenvalue weighted by atomic mass is 10.2. The number of nitrogens with zero attached hydrogens (tertiary/aromatic N) is 2. The third-order valence-corrected chi connectivity index (χ3v) is 4.29. The van der Waals surface area contributed by atoms with Crippen LogP contribution in [0.5, 0.6) is 11.5 Å². The number of hydrogen-bond donors (Lipinski definition) is 0. The van der Waals surface area contributed by atoms with Gasteiger partial charge in [-0.05, 0) is 36.4 Å². The number of benzene rings is 2. The molecule has 4 nitrogen and oxygen atoms in total. The number of ether oxygens (including phenoxy) is 2. The van der Waals surface area contributed by atoms with Crippen molar-refractivity contribution in [2.24, 2.45) is 0 Å². The second kappa shape index (κ2) is 10.6. The summed E-state index contributed by atoms with van der Waals surface area (Å²) in [6.07, 6.45) is 0. The summed E-state index contributed by atoms with van der Waals surface area (Å²) in [6, 6.07) is 18.1. The average molecular weight is 373 g/mol. The molecule has 2 aromatic rings. The van der Waals surface area contributed by atoms with Crippen LogP contribution in [-0.4, -0.2) is 51.3 Å². The normalized spacial score (nSPS) is 14.0. The minimum atomic E-state index is 0. The van der Waals surface area contributed by atoms with Crippen molar-refractivity contribution in [1.29, 1.82) is 0 Å². The molecule has 1 fully saturated rings. The minimum absolute atomic E-state index is 0. The highest BCUT2D eigenvalue weighted by Crippen LogP contribution is 2.17. The molecule has 1 aliphatic rings. The Morgan fingerprint density at radius 3 is 2.15 bits per heavy atom. The van der Waals surface area contributed by atoms with Crippen LogP contribution in [0.15, 0.2) is 54.6 Å². The number of para-hydroxylation sites is 1. The fraction of sp³-hybridized carbons (Fsp3) is 0.333. The Kier molecular flexibility index (Phi) is 8.14. The molecule has 0 radical (unpaired) electrons. The van der Waals surface area contributed by atoms with Gasteiger partial charge in [0, 0.05) is 31.9 Å². The van der Waals surface area contributed by atoms with Crippen LogP contribution < -0.4 is 14.4 Å². The number of hydrogen-bond acceptors (Lipinski definition) is 4. The maximum Gasteiger partial charge on any atom is 0.149 e. The van der Waals surface area contributed by atoms with Gasteiger partial charge in [-0.3, -0.25) is 4.90 Å². The van der Waals surface area contributed by atoms with Crippen molar-refractivity contribution in [2.75, 3.05) is 51.3 Å². The molecule has 0 amide bonds. The molecule has 1 aliphatic heterocycles. The topological polar surface area (TPSA) is 24.9 Å². The van der Waals surface area contributed by atoms with Gasteiger partial charge in [-0.15, -0.1) is 12.4 Å². The number of rotatable bonds is 5. The van der Waals surface area contributed by atoms with Gasteiger partial charge in [0.25, 0.3) is 0 Å². The third-order valence-electron chi connectivity index (χ3n) is 4.29. The molecule has 3 rings (SSSR count). The molecule has 0 unspecified atom stereocenters. The lowest BCUT2D eigenvalue weighted by Crippen LogP contribution is -2.46. The second-order valence-corrected chi connectivity index (χ2v) is 5.92. The molecule has 0 aliphatic carbocycles. The summed E-state index contributed by atoms with van der Waals surface area (Å²) in [5, 5.41) is 0. The molecule has 0 aromatic heterocycles. The zero-order valence-corrected chi connectivity index (χ0v) is 15.9. The largest absolute Gasteiger partial charge is 0.497 e. The van der Waals surface area contributed by atoms with E-state index in [1.807, 2.05) is 24.3 Å². The van der Waals surface area contributed by atoms with Crippen LogP contribution in [0.3, 0.4) is 0 Å². The molecule has 0 spiro atoms. The molecular weight excluding hydrogens is 348 g/mol. The Bertz CT molecular complexity index is 702. The van der Waals surface area contributed by atoms with Crippen molar-refractivity contribution in [3.8, 4) is 23.3 Å². The monoisotopic (exact) mass is 372 g/mol. The molecule has 1 saturated heterocycles. The van der Waals surface area contributed by atoms with Gasteiger partial charge in [-0.25, -0.2) is 0 Å². The van der Waals surface area contributed by atoms with E-state index in [1.165, 1.54) is 5.69 Å². The van der Waals surface area contributed by atoms with Crippen LogP contribution in [0, 0.1) is 11.8 Å². The van der Waals surface area contributed by atoms with Crippen LogP contribution in [0.2, 0.25) is 0 Å². The zero-order valence-electron chi connectivity index (χ0n) is 15.1. The summed E-state index contributed by atoms with van der Waals surface area (Å²) in [5.74, 6) is 7.94. The van der Waals surface area contributed by atoms with E-state index in [9.17, 15) is 0 Å². The summed E-state index contributed by atoms with van der Waals surface area (Å²) < 4.78 is 10.7. The molecule has 0 N–H and O–H groups in total. The molecular formula is C21H25ClN2O2. The summed E-state index contributed by atoms with van der Waals surface area (Å²) in [5.41, 5.74) is 1.31. The highest BCUT2D eigenvalue weighted by atomic mass is 35.5. The molecule has 26 heavy (non-hydrogen) atoms. The minimum Gasteiger partial charge on any atom is -0.497 e. The molecule has 0 saturated carbocycles. The quantitative estimate of drug-likeness (QED) is 0.752. The number of anilines is 1. The Hall–Kier alpha value is -2.35. The van der Waals surface area contributed by atoms with Crippen molar-refractivity contribution < 1.29 is 9.47 Å². The van der Waals surface area contributed by atoms with E-state index in [0.717, 1.165) is 44.2 Å². The van der Waals surface area contributed by atoms with Crippen LogP contribution >= 0.6 is 12.4 Å². The summed E-state index contributed by atoms with van der Waals surface area (Å²) in [6.45, 7) is 5.40. The highest BCUT2D eigenvalue weighted by Gasteiger charge is 2.15. The maximum atomic E-state index is 5.61. The van der Waals surface area contributed by atoms with Crippen LogP contribution in [0.25, 0.3) is 0 Å². The number of methoxy groups -OCH3 is 1. The first-order valence-electron chi connectivity index (χ1n) is 8.60. The van der Waals surface area contributed by atoms with Crippen molar-refractivity contribution >= 4 is 18.1 Å². The first-order valence-corrected chi connectivity index (χ1v) is 8.60. The Morgan fingerprint density at radius 2 is 1.50 bits per heavy atom. The fourth-order valence-corrected chi connectivity index (χ4v) is 2.81. The van der Waals surface area contributed by atoms with Crippen molar-refractivity contribution in [3.63, 3.8) is 0 Å². The molecule has 138 valence electrons. The summed E-state index contributed by atoms with van der Waals surface area (Å²) in [4.78, 5) is 4.82. The van der Waals surface area contributed by atoms with E-state index in [1.54, 1.807) is 7.11 Å². The highest BCUT2D eigenvalue weighted by molar-refractivity contribution is 5.85. The first-order chi connectivity index (χ1) is 12.3. The predicted octanol–water partition coefficient (Wildman–Crippen LogP) is 3.32.